The average molecular weight is 481 g/mol. The van der Waals surface area contributed by atoms with Gasteiger partial charge in [-0.25, -0.2) is 9.97 Å². The highest BCUT2D eigenvalue weighted by Crippen LogP contribution is 2.39. The summed E-state index contributed by atoms with van der Waals surface area (Å²) < 4.78 is 1.97. The van der Waals surface area contributed by atoms with Gasteiger partial charge in [0.05, 0.1) is 16.8 Å². The minimum Gasteiger partial charge on any atom is -0.372 e. The summed E-state index contributed by atoms with van der Waals surface area (Å²) in [4.78, 5) is 29.1. The Morgan fingerprint density at radius 1 is 1.44 bits per heavy atom. The van der Waals surface area contributed by atoms with Crippen molar-refractivity contribution in [1.82, 2.24) is 30.0 Å². The zero-order valence-corrected chi connectivity index (χ0v) is 21.0. The van der Waals surface area contributed by atoms with Gasteiger partial charge in [-0.2, -0.15) is 5.10 Å². The minimum absolute atomic E-state index is 0.140. The van der Waals surface area contributed by atoms with E-state index in [0.29, 0.717) is 19.0 Å². The third kappa shape index (κ3) is 5.27. The minimum atomic E-state index is 0.140. The topological polar surface area (TPSA) is 100 Å². The number of anilines is 1. The Morgan fingerprint density at radius 3 is 2.94 bits per heavy atom. The summed E-state index contributed by atoms with van der Waals surface area (Å²) in [6, 6.07) is 2.58. The highest BCUT2D eigenvalue weighted by atomic mass is 32.1. The zero-order valence-electron chi connectivity index (χ0n) is 20.2. The summed E-state index contributed by atoms with van der Waals surface area (Å²) in [5.41, 5.74) is 2.08. The van der Waals surface area contributed by atoms with Crippen LogP contribution in [0.5, 0.6) is 0 Å². The van der Waals surface area contributed by atoms with Crippen molar-refractivity contribution in [1.29, 1.82) is 0 Å². The van der Waals surface area contributed by atoms with Gasteiger partial charge in [0.25, 0.3) is 0 Å². The molecule has 1 aliphatic rings. The van der Waals surface area contributed by atoms with Gasteiger partial charge in [-0.05, 0) is 52.0 Å². The van der Waals surface area contributed by atoms with Crippen LogP contribution in [-0.4, -0.2) is 56.9 Å². The summed E-state index contributed by atoms with van der Waals surface area (Å²) >= 11 is 1.65. The Kier molecular flexibility index (Phi) is 7.26. The van der Waals surface area contributed by atoms with Crippen LogP contribution in [0, 0.1) is 6.92 Å². The van der Waals surface area contributed by atoms with Crippen molar-refractivity contribution in [2.75, 3.05) is 18.9 Å². The van der Waals surface area contributed by atoms with E-state index in [2.05, 4.69) is 49.2 Å². The molecule has 0 spiro atoms. The molecular formula is C24H32N8OS. The van der Waals surface area contributed by atoms with Crippen LogP contribution >= 0.6 is 11.3 Å². The number of nitrogens with one attached hydrogen (secondary N) is 2. The number of hydrogen-bond donors (Lipinski definition) is 2. The Hall–Kier alpha value is -3.27. The number of aryl methyl sites for hydroxylation is 1. The normalized spacial score (nSPS) is 16.0. The van der Waals surface area contributed by atoms with Gasteiger partial charge in [0.1, 0.15) is 16.3 Å². The summed E-state index contributed by atoms with van der Waals surface area (Å²) in [6.07, 6.45) is 7.87. The number of fused-ring (bicyclic) bond motifs is 1. The third-order valence-electron chi connectivity index (χ3n) is 5.89. The number of aliphatic imine (C=N–C) groups is 1. The van der Waals surface area contributed by atoms with Crippen molar-refractivity contribution < 1.29 is 4.79 Å². The van der Waals surface area contributed by atoms with Gasteiger partial charge in [0, 0.05) is 50.7 Å². The molecule has 0 aliphatic carbocycles. The van der Waals surface area contributed by atoms with Gasteiger partial charge in [-0.15, -0.1) is 11.3 Å². The average Bonchev–Trinajstić information content (AvgIpc) is 3.51. The van der Waals surface area contributed by atoms with Gasteiger partial charge in [0.15, 0.2) is 5.82 Å². The van der Waals surface area contributed by atoms with Crippen molar-refractivity contribution in [3.8, 4) is 10.6 Å². The number of aromatic nitrogens is 4. The maximum Gasteiger partial charge on any atom is 0.220 e. The second-order valence-electron chi connectivity index (χ2n) is 8.91. The van der Waals surface area contributed by atoms with Crippen molar-refractivity contribution in [2.24, 2.45) is 4.99 Å². The van der Waals surface area contributed by atoms with E-state index in [1.54, 1.807) is 17.5 Å². The van der Waals surface area contributed by atoms with Crippen molar-refractivity contribution in [3.05, 3.63) is 36.1 Å². The summed E-state index contributed by atoms with van der Waals surface area (Å²) in [5, 5.41) is 12.4. The lowest BCUT2D eigenvalue weighted by atomic mass is 10.1. The van der Waals surface area contributed by atoms with Crippen LogP contribution in [0.2, 0.25) is 0 Å². The summed E-state index contributed by atoms with van der Waals surface area (Å²) in [7, 11) is 1.95. The molecule has 3 aromatic heterocycles. The van der Waals surface area contributed by atoms with Crippen LogP contribution in [0.25, 0.3) is 20.8 Å². The fourth-order valence-corrected chi connectivity index (χ4v) is 5.23. The zero-order chi connectivity index (χ0) is 24.2. The first-order valence-corrected chi connectivity index (χ1v) is 12.4. The lowest BCUT2D eigenvalue weighted by molar-refractivity contribution is -0.119. The fraction of sp³-hybridized carbons (Fsp3) is 0.458. The monoisotopic (exact) mass is 480 g/mol. The number of carbonyl (C=O) groups excluding carboxylic acids is 1. The number of rotatable bonds is 10. The van der Waals surface area contributed by atoms with Crippen molar-refractivity contribution >= 4 is 40.0 Å². The van der Waals surface area contributed by atoms with Crippen LogP contribution in [0.1, 0.15) is 50.5 Å². The van der Waals surface area contributed by atoms with Crippen molar-refractivity contribution in [2.45, 2.75) is 58.7 Å². The molecule has 1 fully saturated rings. The molecular weight excluding hydrogens is 448 g/mol. The molecule has 10 heteroatoms. The van der Waals surface area contributed by atoms with E-state index in [4.69, 9.17) is 15.1 Å². The molecule has 0 saturated carbocycles. The number of hydrogen-bond acceptors (Lipinski definition) is 8. The van der Waals surface area contributed by atoms with Crippen LogP contribution in [0.3, 0.4) is 0 Å². The molecule has 1 aliphatic heterocycles. The number of carbonyl (C=O) groups is 1. The Morgan fingerprint density at radius 2 is 2.26 bits per heavy atom. The maximum atomic E-state index is 11.5. The van der Waals surface area contributed by atoms with Crippen molar-refractivity contribution in [3.63, 3.8) is 0 Å². The first kappa shape index (κ1) is 23.9. The molecule has 4 heterocycles. The molecule has 1 atom stereocenters. The molecule has 9 nitrogen and oxygen atoms in total. The molecule has 1 amide bonds. The number of nitrogens with zero attached hydrogens (tertiary/aromatic N) is 6. The Balaban J connectivity index is 1.66. The van der Waals surface area contributed by atoms with E-state index < -0.39 is 0 Å². The van der Waals surface area contributed by atoms with Crippen LogP contribution in [-0.2, 0) is 11.3 Å². The van der Waals surface area contributed by atoms with Gasteiger partial charge in [-0.1, -0.05) is 0 Å². The quantitative estimate of drug-likeness (QED) is 0.423. The molecule has 34 heavy (non-hydrogen) atoms. The Bertz CT molecular complexity index is 1210. The van der Waals surface area contributed by atoms with Gasteiger partial charge in [-0.3, -0.25) is 14.5 Å². The van der Waals surface area contributed by atoms with E-state index in [0.717, 1.165) is 57.4 Å². The van der Waals surface area contributed by atoms with E-state index >= 15 is 0 Å². The largest absolute Gasteiger partial charge is 0.372 e. The molecule has 4 rings (SSSR count). The van der Waals surface area contributed by atoms with Crippen LogP contribution in [0.4, 0.5) is 5.82 Å². The predicted octanol–water partition coefficient (Wildman–Crippen LogP) is 4.13. The number of thiophene rings is 1. The standard InChI is InChI=1S/C24H32N8OS/c1-15(2)32-12-9-18(30-32)22-16(3)21-23(26-10-8-17-6-7-20(33)27-17)28-19(29-24(21)34-22)14-31(5)13-11-25-4/h9,11-13,15,17H,4,6-8,10,14H2,1-3,5H3,(H,27,33)(H,26,28,29)/b13-11-. The molecule has 180 valence electrons. The van der Waals surface area contributed by atoms with E-state index in [1.807, 2.05) is 29.0 Å². The van der Waals surface area contributed by atoms with Crippen LogP contribution < -0.4 is 10.6 Å². The lowest BCUT2D eigenvalue weighted by Gasteiger charge is -2.15. The summed E-state index contributed by atoms with van der Waals surface area (Å²) in [6.45, 7) is 11.1. The van der Waals surface area contributed by atoms with Gasteiger partial charge in [0.2, 0.25) is 5.91 Å². The van der Waals surface area contributed by atoms with E-state index in [1.165, 1.54) is 0 Å². The summed E-state index contributed by atoms with van der Waals surface area (Å²) in [5.74, 6) is 1.69. The second kappa shape index (κ2) is 10.3. The highest BCUT2D eigenvalue weighted by molar-refractivity contribution is 7.22. The highest BCUT2D eigenvalue weighted by Gasteiger charge is 2.22. The molecule has 2 N–H and O–H groups in total. The van der Waals surface area contributed by atoms with Gasteiger partial charge < -0.3 is 15.5 Å². The predicted molar refractivity (Wildman–Crippen MR) is 138 cm³/mol. The second-order valence-corrected chi connectivity index (χ2v) is 9.91. The SMILES string of the molecule is C=N/C=C\N(C)Cc1nc(NCCC2CCC(=O)N2)c2c(C)c(-c3ccn(C(C)C)n3)sc2n1. The fourth-order valence-electron chi connectivity index (χ4n) is 4.07. The van der Waals surface area contributed by atoms with Crippen LogP contribution in [0.15, 0.2) is 29.7 Å². The Labute approximate surface area is 204 Å². The first-order valence-electron chi connectivity index (χ1n) is 11.6. The van der Waals surface area contributed by atoms with E-state index in [-0.39, 0.29) is 11.9 Å². The molecule has 1 saturated heterocycles. The molecule has 0 radical (unpaired) electrons. The van der Waals surface area contributed by atoms with Gasteiger partial charge >= 0.3 is 0 Å². The first-order chi connectivity index (χ1) is 16.4. The molecule has 1 unspecified atom stereocenters. The number of amides is 1. The molecule has 0 aromatic carbocycles. The maximum absolute atomic E-state index is 11.5. The lowest BCUT2D eigenvalue weighted by Crippen LogP contribution is -2.27. The smallest absolute Gasteiger partial charge is 0.220 e. The third-order valence-corrected chi connectivity index (χ3v) is 7.10. The molecule has 0 bridgehead atoms. The van der Waals surface area contributed by atoms with E-state index in [9.17, 15) is 4.79 Å². The molecule has 3 aromatic rings.